The molecule has 7 aromatic carbocycles. The summed E-state index contributed by atoms with van der Waals surface area (Å²) in [6.45, 7) is 0. The highest BCUT2D eigenvalue weighted by molar-refractivity contribution is 7.27. The molecule has 3 heterocycles. The van der Waals surface area contributed by atoms with Gasteiger partial charge in [0.05, 0.1) is 22.4 Å². The van der Waals surface area contributed by atoms with Crippen molar-refractivity contribution in [2.24, 2.45) is 0 Å². The average Bonchev–Trinajstić information content (AvgIpc) is 3.75. The van der Waals surface area contributed by atoms with Gasteiger partial charge in [-0.3, -0.25) is 0 Å². The summed E-state index contributed by atoms with van der Waals surface area (Å²) in [4.78, 5) is 5.31. The van der Waals surface area contributed by atoms with Crippen molar-refractivity contribution in [1.29, 1.82) is 0 Å². The Morgan fingerprint density at radius 1 is 0.380 bits per heavy atom. The summed E-state index contributed by atoms with van der Waals surface area (Å²) in [7, 11) is 0. The van der Waals surface area contributed by atoms with Crippen LogP contribution in [0.4, 0.5) is 0 Å². The third-order valence-corrected chi connectivity index (χ3v) is 11.1. The van der Waals surface area contributed by atoms with E-state index in [0.717, 1.165) is 33.8 Å². The van der Waals surface area contributed by atoms with Gasteiger partial charge >= 0.3 is 0 Å². The number of para-hydroxylation sites is 1. The van der Waals surface area contributed by atoms with Crippen LogP contribution < -0.4 is 0 Å². The number of thiophene rings is 1. The van der Waals surface area contributed by atoms with E-state index in [1.54, 1.807) is 0 Å². The summed E-state index contributed by atoms with van der Waals surface area (Å²) in [6, 6.07) is 65.3. The molecule has 0 aliphatic rings. The fourth-order valence-electron chi connectivity index (χ4n) is 7.47. The van der Waals surface area contributed by atoms with E-state index in [4.69, 9.17) is 4.98 Å². The Bertz CT molecular complexity index is 2790. The number of fused-ring (bicyclic) bond motifs is 7. The number of rotatable bonds is 5. The molecular formula is C47H30N2S. The van der Waals surface area contributed by atoms with Crippen LogP contribution in [0.15, 0.2) is 182 Å². The van der Waals surface area contributed by atoms with Crippen molar-refractivity contribution in [3.63, 3.8) is 0 Å². The van der Waals surface area contributed by atoms with Crippen molar-refractivity contribution in [2.75, 3.05) is 0 Å². The van der Waals surface area contributed by atoms with Gasteiger partial charge in [-0.25, -0.2) is 4.98 Å². The Labute approximate surface area is 294 Å². The topological polar surface area (TPSA) is 17.8 Å². The van der Waals surface area contributed by atoms with E-state index in [0.29, 0.717) is 0 Å². The predicted octanol–water partition coefficient (Wildman–Crippen LogP) is 13.2. The molecule has 234 valence electrons. The molecule has 0 atom stereocenters. The van der Waals surface area contributed by atoms with E-state index < -0.39 is 0 Å². The molecule has 0 radical (unpaired) electrons. The molecule has 0 saturated heterocycles. The van der Waals surface area contributed by atoms with Crippen LogP contribution in [0.2, 0.25) is 0 Å². The highest BCUT2D eigenvalue weighted by atomic mass is 32.1. The third-order valence-electron chi connectivity index (χ3n) is 9.79. The molecule has 0 amide bonds. The van der Waals surface area contributed by atoms with E-state index in [1.807, 2.05) is 11.3 Å². The SMILES string of the molecule is c1ccc(-c2cccc(-n3c4ccccc4c4c5sc6c(-c7cc(-c8ccccc8)cc(-c8ccccc8)n7)cccc6c5ccc43)c2)cc1. The molecule has 50 heavy (non-hydrogen) atoms. The lowest BCUT2D eigenvalue weighted by atomic mass is 9.99. The van der Waals surface area contributed by atoms with Crippen molar-refractivity contribution in [3.05, 3.63) is 182 Å². The van der Waals surface area contributed by atoms with E-state index in [2.05, 4.69) is 187 Å². The standard InChI is InChI=1S/C47H30N2S/c1-4-14-31(15-5-1)34-20-12-21-36(28-34)49-43-25-11-10-22-40(43)45-44(49)27-26-38-37-23-13-24-39(46(37)50-47(38)45)42-30-35(32-16-6-2-7-17-32)29-41(48-42)33-18-8-3-9-19-33/h1-30H. The van der Waals surface area contributed by atoms with Crippen LogP contribution in [0.5, 0.6) is 0 Å². The van der Waals surface area contributed by atoms with E-state index in [-0.39, 0.29) is 0 Å². The molecule has 0 aliphatic heterocycles. The van der Waals surface area contributed by atoms with E-state index in [9.17, 15) is 0 Å². The molecule has 3 aromatic heterocycles. The zero-order valence-corrected chi connectivity index (χ0v) is 27.9. The minimum atomic E-state index is 0.975. The Hall–Kier alpha value is -6.29. The smallest absolute Gasteiger partial charge is 0.0730 e. The van der Waals surface area contributed by atoms with Gasteiger partial charge in [-0.1, -0.05) is 146 Å². The summed E-state index contributed by atoms with van der Waals surface area (Å²) in [5.41, 5.74) is 12.6. The number of hydrogen-bond acceptors (Lipinski definition) is 2. The molecule has 2 nitrogen and oxygen atoms in total. The Morgan fingerprint density at radius 2 is 0.980 bits per heavy atom. The molecule has 3 heteroatoms. The van der Waals surface area contributed by atoms with Crippen molar-refractivity contribution in [3.8, 4) is 50.5 Å². The first-order chi connectivity index (χ1) is 24.8. The third kappa shape index (κ3) is 4.67. The van der Waals surface area contributed by atoms with Crippen molar-refractivity contribution in [1.82, 2.24) is 9.55 Å². The van der Waals surface area contributed by atoms with Crippen molar-refractivity contribution < 1.29 is 0 Å². The minimum Gasteiger partial charge on any atom is -0.309 e. The van der Waals surface area contributed by atoms with Gasteiger partial charge in [0.15, 0.2) is 0 Å². The lowest BCUT2D eigenvalue weighted by Gasteiger charge is -2.11. The second kappa shape index (κ2) is 11.7. The first-order valence-electron chi connectivity index (χ1n) is 17.0. The lowest BCUT2D eigenvalue weighted by Crippen LogP contribution is -1.94. The van der Waals surface area contributed by atoms with Gasteiger partial charge in [0.1, 0.15) is 0 Å². The molecule has 0 unspecified atom stereocenters. The Balaban J connectivity index is 1.22. The molecule has 0 saturated carbocycles. The van der Waals surface area contributed by atoms with Gasteiger partial charge in [-0.05, 0) is 58.7 Å². The minimum absolute atomic E-state index is 0.975. The van der Waals surface area contributed by atoms with Gasteiger partial charge in [0, 0.05) is 47.8 Å². The van der Waals surface area contributed by atoms with Crippen LogP contribution in [-0.4, -0.2) is 9.55 Å². The number of hydrogen-bond donors (Lipinski definition) is 0. The van der Waals surface area contributed by atoms with Gasteiger partial charge in [0.2, 0.25) is 0 Å². The molecule has 10 rings (SSSR count). The first-order valence-corrected chi connectivity index (χ1v) is 17.8. The van der Waals surface area contributed by atoms with Crippen LogP contribution in [0.1, 0.15) is 0 Å². The summed E-state index contributed by atoms with van der Waals surface area (Å²) in [5, 5.41) is 5.11. The summed E-state index contributed by atoms with van der Waals surface area (Å²) in [5.74, 6) is 0. The summed E-state index contributed by atoms with van der Waals surface area (Å²) >= 11 is 1.89. The molecule has 0 fully saturated rings. The van der Waals surface area contributed by atoms with Crippen LogP contribution in [-0.2, 0) is 0 Å². The number of aromatic nitrogens is 2. The van der Waals surface area contributed by atoms with E-state index >= 15 is 0 Å². The zero-order chi connectivity index (χ0) is 33.0. The number of pyridine rings is 1. The normalized spacial score (nSPS) is 11.6. The van der Waals surface area contributed by atoms with Gasteiger partial charge in [-0.2, -0.15) is 0 Å². The monoisotopic (exact) mass is 654 g/mol. The first kappa shape index (κ1) is 28.7. The van der Waals surface area contributed by atoms with Crippen LogP contribution in [0, 0.1) is 0 Å². The molecule has 0 aliphatic carbocycles. The van der Waals surface area contributed by atoms with Crippen molar-refractivity contribution >= 4 is 53.3 Å². The molecule has 0 N–H and O–H groups in total. The average molecular weight is 655 g/mol. The maximum atomic E-state index is 5.31. The van der Waals surface area contributed by atoms with Crippen LogP contribution in [0.25, 0.3) is 92.4 Å². The van der Waals surface area contributed by atoms with Gasteiger partial charge < -0.3 is 4.57 Å². The van der Waals surface area contributed by atoms with Crippen LogP contribution in [0.3, 0.4) is 0 Å². The van der Waals surface area contributed by atoms with Crippen molar-refractivity contribution in [2.45, 2.75) is 0 Å². The maximum Gasteiger partial charge on any atom is 0.0730 e. The Morgan fingerprint density at radius 3 is 1.76 bits per heavy atom. The van der Waals surface area contributed by atoms with E-state index in [1.165, 1.54) is 58.7 Å². The highest BCUT2D eigenvalue weighted by Gasteiger charge is 2.20. The number of benzene rings is 7. The second-order valence-electron chi connectivity index (χ2n) is 12.7. The quantitative estimate of drug-likeness (QED) is 0.181. The number of nitrogens with zero attached hydrogens (tertiary/aromatic N) is 2. The second-order valence-corrected chi connectivity index (χ2v) is 13.8. The predicted molar refractivity (Wildman–Crippen MR) is 213 cm³/mol. The molecular weight excluding hydrogens is 625 g/mol. The summed E-state index contributed by atoms with van der Waals surface area (Å²) in [6.07, 6.45) is 0. The lowest BCUT2D eigenvalue weighted by molar-refractivity contribution is 1.18. The van der Waals surface area contributed by atoms with Gasteiger partial charge in [-0.15, -0.1) is 11.3 Å². The summed E-state index contributed by atoms with van der Waals surface area (Å²) < 4.78 is 5.00. The fourth-order valence-corrected chi connectivity index (χ4v) is 8.84. The highest BCUT2D eigenvalue weighted by Crippen LogP contribution is 2.46. The molecule has 10 aromatic rings. The fraction of sp³-hybridized carbons (Fsp3) is 0. The van der Waals surface area contributed by atoms with Gasteiger partial charge in [0.25, 0.3) is 0 Å². The largest absolute Gasteiger partial charge is 0.309 e. The zero-order valence-electron chi connectivity index (χ0n) is 27.1. The molecule has 0 spiro atoms. The molecule has 0 bridgehead atoms. The Kier molecular flexibility index (Phi) is 6.71. The maximum absolute atomic E-state index is 5.31. The van der Waals surface area contributed by atoms with Crippen LogP contribution >= 0.6 is 11.3 Å².